The maximum Gasteiger partial charge on any atom is 0.229 e. The van der Waals surface area contributed by atoms with Gasteiger partial charge in [-0.3, -0.25) is 4.79 Å². The van der Waals surface area contributed by atoms with Crippen molar-refractivity contribution in [2.75, 3.05) is 5.32 Å². The van der Waals surface area contributed by atoms with Crippen LogP contribution in [0.1, 0.15) is 4.88 Å². The molecule has 0 radical (unpaired) electrons. The molecule has 0 saturated carbocycles. The zero-order valence-corrected chi connectivity index (χ0v) is 10.3. The summed E-state index contributed by atoms with van der Waals surface area (Å²) in [5.74, 6) is -0.641. The van der Waals surface area contributed by atoms with Gasteiger partial charge in [0.25, 0.3) is 0 Å². The molecule has 0 bridgehead atoms. The summed E-state index contributed by atoms with van der Waals surface area (Å²) in [6, 6.07) is 7.88. The van der Waals surface area contributed by atoms with Gasteiger partial charge >= 0.3 is 0 Å². The van der Waals surface area contributed by atoms with Crippen LogP contribution in [-0.4, -0.2) is 5.91 Å². The smallest absolute Gasteiger partial charge is 0.229 e. The van der Waals surface area contributed by atoms with Gasteiger partial charge in [-0.25, -0.2) is 4.39 Å². The lowest BCUT2D eigenvalue weighted by atomic mass is 10.3. The van der Waals surface area contributed by atoms with Gasteiger partial charge in [0.05, 0.1) is 11.4 Å². The summed E-state index contributed by atoms with van der Waals surface area (Å²) in [5, 5.41) is 4.58. The first-order valence-electron chi connectivity index (χ1n) is 4.92. The summed E-state index contributed by atoms with van der Waals surface area (Å²) in [7, 11) is 0. The van der Waals surface area contributed by atoms with Crippen LogP contribution in [0.2, 0.25) is 5.02 Å². The van der Waals surface area contributed by atoms with E-state index in [0.29, 0.717) is 12.1 Å². The highest BCUT2D eigenvalue weighted by atomic mass is 35.5. The Hall–Kier alpha value is -1.39. The van der Waals surface area contributed by atoms with E-state index in [2.05, 4.69) is 5.32 Å². The summed E-state index contributed by atoms with van der Waals surface area (Å²) >= 11 is 7.14. The van der Waals surface area contributed by atoms with Crippen LogP contribution in [0.4, 0.5) is 10.1 Å². The number of amides is 1. The van der Waals surface area contributed by atoms with Crippen LogP contribution in [0.25, 0.3) is 0 Å². The number of anilines is 1. The molecule has 0 fully saturated rings. The molecule has 2 rings (SSSR count). The van der Waals surface area contributed by atoms with Crippen molar-refractivity contribution in [3.05, 3.63) is 51.4 Å². The molecule has 0 aliphatic heterocycles. The minimum Gasteiger partial charge on any atom is -0.326 e. The topological polar surface area (TPSA) is 29.1 Å². The molecule has 2 nitrogen and oxygen atoms in total. The van der Waals surface area contributed by atoms with Gasteiger partial charge in [-0.15, -0.1) is 11.3 Å². The van der Waals surface area contributed by atoms with Gasteiger partial charge < -0.3 is 5.32 Å². The second-order valence-electron chi connectivity index (χ2n) is 3.43. The second kappa shape index (κ2) is 5.29. The van der Waals surface area contributed by atoms with Crippen LogP contribution in [0, 0.1) is 5.82 Å². The van der Waals surface area contributed by atoms with Crippen molar-refractivity contribution in [1.82, 2.24) is 0 Å². The van der Waals surface area contributed by atoms with E-state index in [0.717, 1.165) is 4.88 Å². The Bertz CT molecular complexity index is 527. The summed E-state index contributed by atoms with van der Waals surface area (Å²) in [4.78, 5) is 12.6. The quantitative estimate of drug-likeness (QED) is 0.904. The Kier molecular flexibility index (Phi) is 3.76. The Morgan fingerprint density at radius 3 is 2.88 bits per heavy atom. The van der Waals surface area contributed by atoms with Crippen LogP contribution in [0.15, 0.2) is 35.7 Å². The van der Waals surface area contributed by atoms with Gasteiger partial charge in [0.15, 0.2) is 0 Å². The van der Waals surface area contributed by atoms with Crippen LogP contribution in [-0.2, 0) is 11.2 Å². The SMILES string of the molecule is O=C(Cc1cccs1)Nc1ccc(F)c(Cl)c1. The number of carbonyl (C=O) groups is 1. The molecule has 1 amide bonds. The highest BCUT2D eigenvalue weighted by Gasteiger charge is 2.06. The van der Waals surface area contributed by atoms with Gasteiger partial charge in [-0.1, -0.05) is 17.7 Å². The monoisotopic (exact) mass is 269 g/mol. The lowest BCUT2D eigenvalue weighted by Gasteiger charge is -2.04. The molecule has 0 unspecified atom stereocenters. The maximum atomic E-state index is 12.9. The summed E-state index contributed by atoms with van der Waals surface area (Å²) < 4.78 is 12.9. The fraction of sp³-hybridized carbons (Fsp3) is 0.0833. The zero-order valence-electron chi connectivity index (χ0n) is 8.74. The van der Waals surface area contributed by atoms with Gasteiger partial charge in [-0.2, -0.15) is 0 Å². The third-order valence-electron chi connectivity index (χ3n) is 2.12. The van der Waals surface area contributed by atoms with Crippen molar-refractivity contribution < 1.29 is 9.18 Å². The molecule has 0 saturated heterocycles. The fourth-order valence-corrected chi connectivity index (χ4v) is 2.23. The fourth-order valence-electron chi connectivity index (χ4n) is 1.35. The summed E-state index contributed by atoms with van der Waals surface area (Å²) in [6.45, 7) is 0. The number of benzene rings is 1. The summed E-state index contributed by atoms with van der Waals surface area (Å²) in [6.07, 6.45) is 0.312. The molecule has 17 heavy (non-hydrogen) atoms. The first-order chi connectivity index (χ1) is 8.15. The molecule has 0 spiro atoms. The Labute approximate surface area is 107 Å². The van der Waals surface area contributed by atoms with E-state index in [4.69, 9.17) is 11.6 Å². The molecular formula is C12H9ClFNOS. The number of rotatable bonds is 3. The molecule has 88 valence electrons. The average Bonchev–Trinajstić information content (AvgIpc) is 2.76. The highest BCUT2D eigenvalue weighted by Crippen LogP contribution is 2.19. The largest absolute Gasteiger partial charge is 0.326 e. The normalized spacial score (nSPS) is 10.2. The minimum absolute atomic E-state index is 0.000997. The predicted octanol–water partition coefficient (Wildman–Crippen LogP) is 3.72. The molecule has 0 aliphatic rings. The highest BCUT2D eigenvalue weighted by molar-refractivity contribution is 7.10. The van der Waals surface area contributed by atoms with Crippen LogP contribution in [0.3, 0.4) is 0 Å². The van der Waals surface area contributed by atoms with Gasteiger partial charge in [0.1, 0.15) is 5.82 Å². The Balaban J connectivity index is 2.00. The Morgan fingerprint density at radius 2 is 2.24 bits per heavy atom. The molecular weight excluding hydrogens is 261 g/mol. The third kappa shape index (κ3) is 3.28. The van der Waals surface area contributed by atoms with Crippen molar-refractivity contribution >= 4 is 34.5 Å². The number of carbonyl (C=O) groups excluding carboxylic acids is 1. The van der Waals surface area contributed by atoms with Gasteiger partial charge in [0.2, 0.25) is 5.91 Å². The molecule has 0 aliphatic carbocycles. The van der Waals surface area contributed by atoms with E-state index in [1.807, 2.05) is 17.5 Å². The summed E-state index contributed by atoms with van der Waals surface area (Å²) in [5.41, 5.74) is 0.498. The standard InChI is InChI=1S/C12H9ClFNOS/c13-10-6-8(3-4-11(10)14)15-12(16)7-9-2-1-5-17-9/h1-6H,7H2,(H,15,16). The van der Waals surface area contributed by atoms with E-state index in [1.54, 1.807) is 0 Å². The predicted molar refractivity (Wildman–Crippen MR) is 68.1 cm³/mol. The molecule has 1 aromatic heterocycles. The van der Waals surface area contributed by atoms with Gasteiger partial charge in [0, 0.05) is 10.6 Å². The third-order valence-corrected chi connectivity index (χ3v) is 3.28. The van der Waals surface area contributed by atoms with E-state index < -0.39 is 5.82 Å². The van der Waals surface area contributed by atoms with Gasteiger partial charge in [-0.05, 0) is 29.6 Å². The van der Waals surface area contributed by atoms with Crippen molar-refractivity contribution in [3.63, 3.8) is 0 Å². The van der Waals surface area contributed by atoms with Crippen molar-refractivity contribution in [2.45, 2.75) is 6.42 Å². The number of hydrogen-bond acceptors (Lipinski definition) is 2. The van der Waals surface area contributed by atoms with E-state index in [9.17, 15) is 9.18 Å². The number of nitrogens with one attached hydrogen (secondary N) is 1. The first kappa shape index (κ1) is 12.1. The number of hydrogen-bond donors (Lipinski definition) is 1. The van der Waals surface area contributed by atoms with Crippen molar-refractivity contribution in [3.8, 4) is 0 Å². The Morgan fingerprint density at radius 1 is 1.41 bits per heavy atom. The molecule has 2 aromatic rings. The van der Waals surface area contributed by atoms with E-state index >= 15 is 0 Å². The van der Waals surface area contributed by atoms with E-state index in [-0.39, 0.29) is 10.9 Å². The van der Waals surface area contributed by atoms with Crippen LogP contribution >= 0.6 is 22.9 Å². The molecule has 0 atom stereocenters. The van der Waals surface area contributed by atoms with Crippen molar-refractivity contribution in [1.29, 1.82) is 0 Å². The van der Waals surface area contributed by atoms with E-state index in [1.165, 1.54) is 29.5 Å². The minimum atomic E-state index is -0.497. The molecule has 1 N–H and O–H groups in total. The average molecular weight is 270 g/mol. The molecule has 1 heterocycles. The molecule has 5 heteroatoms. The zero-order chi connectivity index (χ0) is 12.3. The molecule has 1 aromatic carbocycles. The number of thiophene rings is 1. The van der Waals surface area contributed by atoms with Crippen molar-refractivity contribution in [2.24, 2.45) is 0 Å². The second-order valence-corrected chi connectivity index (χ2v) is 4.87. The number of halogens is 2. The lowest BCUT2D eigenvalue weighted by molar-refractivity contribution is -0.115. The lowest BCUT2D eigenvalue weighted by Crippen LogP contribution is -2.13. The van der Waals surface area contributed by atoms with Crippen LogP contribution in [0.5, 0.6) is 0 Å². The first-order valence-corrected chi connectivity index (χ1v) is 6.18. The maximum absolute atomic E-state index is 12.9. The van der Waals surface area contributed by atoms with Crippen LogP contribution < -0.4 is 5.32 Å².